The molecule has 0 fully saturated rings. The molecule has 0 amide bonds. The van der Waals surface area contributed by atoms with Gasteiger partial charge in [-0.3, -0.25) is 0 Å². The van der Waals surface area contributed by atoms with Crippen LogP contribution in [0.2, 0.25) is 0 Å². The molecule has 0 bridgehead atoms. The molecule has 3 nitrogen and oxygen atoms in total. The van der Waals surface area contributed by atoms with Crippen molar-refractivity contribution in [1.82, 2.24) is 15.0 Å². The average Bonchev–Trinajstić information content (AvgIpc) is 2.71. The second-order valence-corrected chi connectivity index (χ2v) is 4.90. The Labute approximate surface area is 109 Å². The highest BCUT2D eigenvalue weighted by atomic mass is 79.9. The molecule has 0 aliphatic rings. The fourth-order valence-electron chi connectivity index (χ4n) is 1.29. The molecular weight excluding hydrogens is 341 g/mol. The summed E-state index contributed by atoms with van der Waals surface area (Å²) in [5, 5.41) is 8.66. The predicted octanol–water partition coefficient (Wildman–Crippen LogP) is 3.11. The van der Waals surface area contributed by atoms with Crippen LogP contribution in [0.25, 0.3) is 5.69 Å². The van der Waals surface area contributed by atoms with Gasteiger partial charge in [0.15, 0.2) is 0 Å². The third-order valence-electron chi connectivity index (χ3n) is 2.05. The molecule has 1 aromatic heterocycles. The summed E-state index contributed by atoms with van der Waals surface area (Å²) in [6.07, 6.45) is 2.50. The van der Waals surface area contributed by atoms with Crippen LogP contribution in [0.4, 0.5) is 4.39 Å². The minimum absolute atomic E-state index is 0.321. The molecular formula is C10H8Br2FN3. The lowest BCUT2D eigenvalue weighted by Gasteiger charge is -2.01. The summed E-state index contributed by atoms with van der Waals surface area (Å²) >= 11 is 6.61. The van der Waals surface area contributed by atoms with Gasteiger partial charge in [-0.05, 0) is 18.2 Å². The van der Waals surface area contributed by atoms with E-state index in [2.05, 4.69) is 42.2 Å². The summed E-state index contributed by atoms with van der Waals surface area (Å²) in [4.78, 5) is 0. The number of aromatic nitrogens is 3. The van der Waals surface area contributed by atoms with Gasteiger partial charge in [-0.1, -0.05) is 37.1 Å². The van der Waals surface area contributed by atoms with Crippen LogP contribution < -0.4 is 0 Å². The van der Waals surface area contributed by atoms with E-state index in [1.807, 2.05) is 0 Å². The van der Waals surface area contributed by atoms with Crippen molar-refractivity contribution in [3.63, 3.8) is 0 Å². The van der Waals surface area contributed by atoms with Crippen LogP contribution in [0.1, 0.15) is 5.69 Å². The zero-order valence-corrected chi connectivity index (χ0v) is 11.4. The standard InChI is InChI=1S/C10H8Br2FN3/c11-4-3-8-6-16(15-14-8)10-5-7(12)1-2-9(10)13/h1-2,5-6H,3-4H2. The Kier molecular flexibility index (Phi) is 3.70. The molecule has 1 heterocycles. The molecule has 2 aromatic rings. The number of hydrogen-bond donors (Lipinski definition) is 0. The van der Waals surface area contributed by atoms with Gasteiger partial charge in [0, 0.05) is 16.2 Å². The van der Waals surface area contributed by atoms with Crippen LogP contribution in [0.5, 0.6) is 0 Å². The van der Waals surface area contributed by atoms with Gasteiger partial charge in [-0.25, -0.2) is 9.07 Å². The largest absolute Gasteiger partial charge is 0.217 e. The number of rotatable bonds is 3. The van der Waals surface area contributed by atoms with Crippen molar-refractivity contribution >= 4 is 31.9 Å². The van der Waals surface area contributed by atoms with Crippen LogP contribution in [0.15, 0.2) is 28.9 Å². The minimum Gasteiger partial charge on any atom is -0.217 e. The average molecular weight is 349 g/mol. The zero-order chi connectivity index (χ0) is 11.5. The second kappa shape index (κ2) is 5.05. The molecule has 2 rings (SSSR count). The molecule has 1 aromatic carbocycles. The van der Waals surface area contributed by atoms with Crippen molar-refractivity contribution in [2.24, 2.45) is 0 Å². The Hall–Kier alpha value is -0.750. The highest BCUT2D eigenvalue weighted by Crippen LogP contribution is 2.18. The molecule has 0 saturated heterocycles. The summed E-state index contributed by atoms with van der Waals surface area (Å²) in [6.45, 7) is 0. The Balaban J connectivity index is 2.38. The first-order chi connectivity index (χ1) is 7.70. The maximum Gasteiger partial charge on any atom is 0.148 e. The molecule has 0 unspecified atom stereocenters. The number of hydrogen-bond acceptors (Lipinski definition) is 2. The SMILES string of the molecule is Fc1ccc(Br)cc1-n1cc(CCBr)nn1. The molecule has 0 aliphatic carbocycles. The maximum absolute atomic E-state index is 13.5. The van der Waals surface area contributed by atoms with Crippen LogP contribution in [-0.4, -0.2) is 20.3 Å². The van der Waals surface area contributed by atoms with Gasteiger partial charge in [0.25, 0.3) is 0 Å². The van der Waals surface area contributed by atoms with Crippen molar-refractivity contribution in [2.45, 2.75) is 6.42 Å². The number of alkyl halides is 1. The summed E-state index contributed by atoms with van der Waals surface area (Å²) in [5.41, 5.74) is 1.22. The van der Waals surface area contributed by atoms with Crippen molar-refractivity contribution in [3.8, 4) is 5.69 Å². The van der Waals surface area contributed by atoms with Crippen LogP contribution in [-0.2, 0) is 6.42 Å². The van der Waals surface area contributed by atoms with Gasteiger partial charge in [0.1, 0.15) is 11.5 Å². The van der Waals surface area contributed by atoms with Gasteiger partial charge in [-0.2, -0.15) is 0 Å². The van der Waals surface area contributed by atoms with E-state index in [9.17, 15) is 4.39 Å². The third-order valence-corrected chi connectivity index (χ3v) is 2.94. The first-order valence-electron chi connectivity index (χ1n) is 4.63. The number of aryl methyl sites for hydroxylation is 1. The van der Waals surface area contributed by atoms with E-state index in [0.717, 1.165) is 21.9 Å². The van der Waals surface area contributed by atoms with E-state index in [4.69, 9.17) is 0 Å². The zero-order valence-electron chi connectivity index (χ0n) is 8.20. The fraction of sp³-hybridized carbons (Fsp3) is 0.200. The second-order valence-electron chi connectivity index (χ2n) is 3.19. The van der Waals surface area contributed by atoms with Crippen molar-refractivity contribution in [2.75, 3.05) is 5.33 Å². The lowest BCUT2D eigenvalue weighted by molar-refractivity contribution is 0.606. The van der Waals surface area contributed by atoms with Gasteiger partial charge in [-0.15, -0.1) is 5.10 Å². The van der Waals surface area contributed by atoms with Crippen LogP contribution >= 0.6 is 31.9 Å². The molecule has 16 heavy (non-hydrogen) atoms. The van der Waals surface area contributed by atoms with E-state index in [1.165, 1.54) is 10.7 Å². The van der Waals surface area contributed by atoms with E-state index >= 15 is 0 Å². The summed E-state index contributed by atoms with van der Waals surface area (Å²) in [6, 6.07) is 4.71. The molecule has 0 N–H and O–H groups in total. The summed E-state index contributed by atoms with van der Waals surface area (Å²) in [5.74, 6) is -0.321. The first-order valence-corrected chi connectivity index (χ1v) is 6.55. The molecule has 0 atom stereocenters. The Bertz CT molecular complexity index is 499. The van der Waals surface area contributed by atoms with Gasteiger partial charge >= 0.3 is 0 Å². The lowest BCUT2D eigenvalue weighted by atomic mass is 10.3. The summed E-state index contributed by atoms with van der Waals surface area (Å²) in [7, 11) is 0. The Morgan fingerprint density at radius 3 is 2.94 bits per heavy atom. The fourth-order valence-corrected chi connectivity index (χ4v) is 2.04. The predicted molar refractivity (Wildman–Crippen MR) is 66.5 cm³/mol. The normalized spacial score (nSPS) is 10.7. The Morgan fingerprint density at radius 1 is 1.38 bits per heavy atom. The topological polar surface area (TPSA) is 30.7 Å². The first kappa shape index (κ1) is 11.7. The minimum atomic E-state index is -0.321. The van der Waals surface area contributed by atoms with Crippen molar-refractivity contribution in [3.05, 3.63) is 40.4 Å². The van der Waals surface area contributed by atoms with Crippen molar-refractivity contribution in [1.29, 1.82) is 0 Å². The van der Waals surface area contributed by atoms with E-state index in [0.29, 0.717) is 5.69 Å². The number of nitrogens with zero attached hydrogens (tertiary/aromatic N) is 3. The van der Waals surface area contributed by atoms with E-state index in [1.54, 1.807) is 18.3 Å². The quantitative estimate of drug-likeness (QED) is 0.798. The lowest BCUT2D eigenvalue weighted by Crippen LogP contribution is -1.98. The van der Waals surface area contributed by atoms with E-state index < -0.39 is 0 Å². The van der Waals surface area contributed by atoms with Gasteiger partial charge < -0.3 is 0 Å². The molecule has 0 aliphatic heterocycles. The molecule has 6 heteroatoms. The highest BCUT2D eigenvalue weighted by molar-refractivity contribution is 9.10. The third kappa shape index (κ3) is 2.49. The monoisotopic (exact) mass is 347 g/mol. The highest BCUT2D eigenvalue weighted by Gasteiger charge is 2.07. The molecule has 0 radical (unpaired) electrons. The smallest absolute Gasteiger partial charge is 0.148 e. The van der Waals surface area contributed by atoms with Crippen LogP contribution in [0.3, 0.4) is 0 Å². The molecule has 0 saturated carbocycles. The van der Waals surface area contributed by atoms with Gasteiger partial charge in [0.05, 0.1) is 11.9 Å². The van der Waals surface area contributed by atoms with Crippen molar-refractivity contribution < 1.29 is 4.39 Å². The Morgan fingerprint density at radius 2 is 2.19 bits per heavy atom. The van der Waals surface area contributed by atoms with Crippen LogP contribution in [0, 0.1) is 5.82 Å². The maximum atomic E-state index is 13.5. The molecule has 84 valence electrons. The number of halogens is 3. The number of benzene rings is 1. The van der Waals surface area contributed by atoms with Gasteiger partial charge in [0.2, 0.25) is 0 Å². The molecule has 0 spiro atoms. The summed E-state index contributed by atoms with van der Waals surface area (Å²) < 4.78 is 15.8. The van der Waals surface area contributed by atoms with E-state index in [-0.39, 0.29) is 5.82 Å².